The van der Waals surface area contributed by atoms with E-state index in [-0.39, 0.29) is 5.91 Å². The van der Waals surface area contributed by atoms with Crippen LogP contribution >= 0.6 is 0 Å². The quantitative estimate of drug-likeness (QED) is 0.763. The van der Waals surface area contributed by atoms with E-state index >= 15 is 0 Å². The van der Waals surface area contributed by atoms with E-state index in [0.717, 1.165) is 11.4 Å². The van der Waals surface area contributed by atoms with Crippen LogP contribution < -0.4 is 10.1 Å². The van der Waals surface area contributed by atoms with Crippen molar-refractivity contribution < 1.29 is 14.3 Å². The number of hydrogen-bond donors (Lipinski definition) is 1. The monoisotopic (exact) mass is 207 g/mol. The van der Waals surface area contributed by atoms with Crippen LogP contribution in [0.1, 0.15) is 6.92 Å². The van der Waals surface area contributed by atoms with E-state index in [9.17, 15) is 4.79 Å². The maximum atomic E-state index is 11.6. The summed E-state index contributed by atoms with van der Waals surface area (Å²) in [5.41, 5.74) is 0.123. The Morgan fingerprint density at radius 2 is 2.07 bits per heavy atom. The van der Waals surface area contributed by atoms with Gasteiger partial charge >= 0.3 is 0 Å². The second-order valence-corrected chi connectivity index (χ2v) is 3.70. The molecule has 2 rings (SSSR count). The van der Waals surface area contributed by atoms with Crippen LogP contribution in [0.5, 0.6) is 5.75 Å². The number of methoxy groups -OCH3 is 1. The van der Waals surface area contributed by atoms with Crippen LogP contribution in [-0.2, 0) is 9.53 Å². The van der Waals surface area contributed by atoms with Gasteiger partial charge in [0.15, 0.2) is 5.60 Å². The summed E-state index contributed by atoms with van der Waals surface area (Å²) < 4.78 is 10.1. The van der Waals surface area contributed by atoms with Crippen molar-refractivity contribution in [2.45, 2.75) is 12.5 Å². The molecule has 1 aliphatic rings. The second-order valence-electron chi connectivity index (χ2n) is 3.70. The Bertz CT molecular complexity index is 368. The zero-order valence-electron chi connectivity index (χ0n) is 8.74. The standard InChI is InChI=1S/C11H13NO3/c1-11(7-15-11)10(13)12-8-3-5-9(14-2)6-4-8/h3-6H,7H2,1-2H3,(H,12,13)/t11-/m0/s1. The van der Waals surface area contributed by atoms with Crippen molar-refractivity contribution in [3.05, 3.63) is 24.3 Å². The molecule has 0 bridgehead atoms. The topological polar surface area (TPSA) is 50.9 Å². The van der Waals surface area contributed by atoms with Crippen molar-refractivity contribution in [3.63, 3.8) is 0 Å². The Balaban J connectivity index is 2.01. The molecule has 0 aromatic heterocycles. The first-order valence-electron chi connectivity index (χ1n) is 4.73. The molecule has 4 heteroatoms. The lowest BCUT2D eigenvalue weighted by Gasteiger charge is -2.08. The minimum atomic E-state index is -0.625. The maximum absolute atomic E-state index is 11.6. The third-order valence-electron chi connectivity index (χ3n) is 2.41. The van der Waals surface area contributed by atoms with Gasteiger partial charge in [-0.3, -0.25) is 4.79 Å². The highest BCUT2D eigenvalue weighted by molar-refractivity contribution is 5.98. The van der Waals surface area contributed by atoms with Crippen molar-refractivity contribution in [1.82, 2.24) is 0 Å². The molecule has 1 N–H and O–H groups in total. The van der Waals surface area contributed by atoms with Crippen LogP contribution in [0.3, 0.4) is 0 Å². The SMILES string of the molecule is COc1ccc(NC(=O)[C@]2(C)CO2)cc1. The molecule has 4 nitrogen and oxygen atoms in total. The first-order valence-corrected chi connectivity index (χ1v) is 4.73. The Morgan fingerprint density at radius 1 is 1.47 bits per heavy atom. The summed E-state index contributed by atoms with van der Waals surface area (Å²) >= 11 is 0. The number of anilines is 1. The summed E-state index contributed by atoms with van der Waals surface area (Å²) in [6, 6.07) is 7.18. The van der Waals surface area contributed by atoms with Crippen LogP contribution in [0.25, 0.3) is 0 Å². The average molecular weight is 207 g/mol. The first-order chi connectivity index (χ1) is 7.14. The van der Waals surface area contributed by atoms with Gasteiger partial charge in [-0.15, -0.1) is 0 Å². The highest BCUT2D eigenvalue weighted by Crippen LogP contribution is 2.27. The number of benzene rings is 1. The summed E-state index contributed by atoms with van der Waals surface area (Å²) in [5, 5.41) is 2.78. The van der Waals surface area contributed by atoms with Crippen molar-refractivity contribution in [2.24, 2.45) is 0 Å². The van der Waals surface area contributed by atoms with E-state index in [2.05, 4.69) is 5.32 Å². The molecule has 0 spiro atoms. The van der Waals surface area contributed by atoms with Crippen LogP contribution in [0.4, 0.5) is 5.69 Å². The highest BCUT2D eigenvalue weighted by Gasteiger charge is 2.47. The van der Waals surface area contributed by atoms with Gasteiger partial charge in [0.25, 0.3) is 5.91 Å². The molecule has 0 saturated carbocycles. The van der Waals surface area contributed by atoms with Gasteiger partial charge in [0, 0.05) is 5.69 Å². The highest BCUT2D eigenvalue weighted by atomic mass is 16.6. The predicted octanol–water partition coefficient (Wildman–Crippen LogP) is 1.42. The third kappa shape index (κ3) is 2.10. The summed E-state index contributed by atoms with van der Waals surface area (Å²) in [6.45, 7) is 2.26. The molecular weight excluding hydrogens is 194 g/mol. The number of nitrogens with one attached hydrogen (secondary N) is 1. The van der Waals surface area contributed by atoms with Crippen molar-refractivity contribution in [2.75, 3.05) is 19.0 Å². The van der Waals surface area contributed by atoms with E-state index in [1.54, 1.807) is 38.3 Å². The van der Waals surface area contributed by atoms with Crippen LogP contribution in [0, 0.1) is 0 Å². The first kappa shape index (κ1) is 9.98. The number of amides is 1. The van der Waals surface area contributed by atoms with Gasteiger partial charge in [-0.25, -0.2) is 0 Å². The van der Waals surface area contributed by atoms with Crippen LogP contribution in [0.2, 0.25) is 0 Å². The second kappa shape index (κ2) is 3.55. The molecule has 0 radical (unpaired) electrons. The molecule has 1 atom stereocenters. The largest absolute Gasteiger partial charge is 0.497 e. The average Bonchev–Trinajstić information content (AvgIpc) is 2.99. The van der Waals surface area contributed by atoms with E-state index in [1.807, 2.05) is 0 Å². The molecule has 0 aliphatic carbocycles. The zero-order chi connectivity index (χ0) is 10.9. The molecule has 1 amide bonds. The van der Waals surface area contributed by atoms with E-state index < -0.39 is 5.60 Å². The maximum Gasteiger partial charge on any atom is 0.258 e. The number of carbonyl (C=O) groups is 1. The normalized spacial score (nSPS) is 23.3. The lowest BCUT2D eigenvalue weighted by Crippen LogP contribution is -2.27. The molecule has 1 aromatic carbocycles. The molecule has 1 aliphatic heterocycles. The third-order valence-corrected chi connectivity index (χ3v) is 2.41. The smallest absolute Gasteiger partial charge is 0.258 e. The Labute approximate surface area is 88.2 Å². The molecule has 1 aromatic rings. The molecular formula is C11H13NO3. The van der Waals surface area contributed by atoms with E-state index in [1.165, 1.54) is 0 Å². The Morgan fingerprint density at radius 3 is 2.53 bits per heavy atom. The van der Waals surface area contributed by atoms with Gasteiger partial charge in [0.05, 0.1) is 13.7 Å². The molecule has 1 heterocycles. The number of ether oxygens (including phenoxy) is 2. The predicted molar refractivity (Wildman–Crippen MR) is 56.0 cm³/mol. The van der Waals surface area contributed by atoms with Gasteiger partial charge in [-0.1, -0.05) is 0 Å². The van der Waals surface area contributed by atoms with Crippen LogP contribution in [0.15, 0.2) is 24.3 Å². The van der Waals surface area contributed by atoms with Crippen molar-refractivity contribution in [1.29, 1.82) is 0 Å². The van der Waals surface area contributed by atoms with Gasteiger partial charge < -0.3 is 14.8 Å². The molecule has 15 heavy (non-hydrogen) atoms. The molecule has 1 saturated heterocycles. The fourth-order valence-corrected chi connectivity index (χ4v) is 1.18. The van der Waals surface area contributed by atoms with Gasteiger partial charge in [0.2, 0.25) is 0 Å². The fourth-order valence-electron chi connectivity index (χ4n) is 1.18. The van der Waals surface area contributed by atoms with Gasteiger partial charge in [-0.2, -0.15) is 0 Å². The van der Waals surface area contributed by atoms with E-state index in [0.29, 0.717) is 6.61 Å². The molecule has 1 fully saturated rings. The Kier molecular flexibility index (Phi) is 2.36. The summed E-state index contributed by atoms with van der Waals surface area (Å²) in [7, 11) is 1.60. The lowest BCUT2D eigenvalue weighted by atomic mass is 10.2. The Hall–Kier alpha value is -1.55. The van der Waals surface area contributed by atoms with Gasteiger partial charge in [-0.05, 0) is 31.2 Å². The minimum Gasteiger partial charge on any atom is -0.497 e. The summed E-state index contributed by atoms with van der Waals surface area (Å²) in [4.78, 5) is 11.6. The zero-order valence-corrected chi connectivity index (χ0v) is 8.74. The number of carbonyl (C=O) groups excluding carboxylic acids is 1. The fraction of sp³-hybridized carbons (Fsp3) is 0.364. The summed E-state index contributed by atoms with van der Waals surface area (Å²) in [6.07, 6.45) is 0. The van der Waals surface area contributed by atoms with Gasteiger partial charge in [0.1, 0.15) is 5.75 Å². The van der Waals surface area contributed by atoms with Crippen molar-refractivity contribution >= 4 is 11.6 Å². The van der Waals surface area contributed by atoms with Crippen molar-refractivity contribution in [3.8, 4) is 5.75 Å². The van der Waals surface area contributed by atoms with E-state index in [4.69, 9.17) is 9.47 Å². The number of rotatable bonds is 3. The summed E-state index contributed by atoms with van der Waals surface area (Å²) in [5.74, 6) is 0.662. The number of hydrogen-bond acceptors (Lipinski definition) is 3. The van der Waals surface area contributed by atoms with Crippen LogP contribution in [-0.4, -0.2) is 25.2 Å². The lowest BCUT2D eigenvalue weighted by molar-refractivity contribution is -0.120. The molecule has 80 valence electrons. The molecule has 0 unspecified atom stereocenters. The minimum absolute atomic E-state index is 0.104. The number of epoxide rings is 1.